The van der Waals surface area contributed by atoms with Crippen LogP contribution < -0.4 is 0 Å². The lowest BCUT2D eigenvalue weighted by Gasteiger charge is -2.35. The van der Waals surface area contributed by atoms with E-state index < -0.39 is 18.9 Å². The lowest BCUT2D eigenvalue weighted by Crippen LogP contribution is -2.36. The maximum absolute atomic E-state index is 11.2. The molecule has 0 spiro atoms. The SMILES string of the molecule is O=P(O)(O)[C@@H]1CCC[C@](O)(c2ncn[nH]2)C1. The van der Waals surface area contributed by atoms with Crippen molar-refractivity contribution < 1.29 is 19.5 Å². The summed E-state index contributed by atoms with van der Waals surface area (Å²) < 4.78 is 11.2. The zero-order chi connectivity index (χ0) is 11.8. The molecule has 2 atom stereocenters. The number of aromatic nitrogens is 3. The van der Waals surface area contributed by atoms with Gasteiger partial charge >= 0.3 is 7.60 Å². The van der Waals surface area contributed by atoms with E-state index in [0.717, 1.165) is 0 Å². The highest BCUT2D eigenvalue weighted by molar-refractivity contribution is 7.52. The fourth-order valence-corrected chi connectivity index (χ4v) is 3.21. The smallest absolute Gasteiger partial charge is 0.328 e. The van der Waals surface area contributed by atoms with Crippen molar-refractivity contribution in [2.45, 2.75) is 36.9 Å². The van der Waals surface area contributed by atoms with Gasteiger partial charge in [0.15, 0.2) is 5.82 Å². The Balaban J connectivity index is 2.21. The standard InChI is InChI=1S/C8H14N3O4P/c12-8(7-9-5-10-11-7)3-1-2-6(4-8)16(13,14)15/h5-6,12H,1-4H2,(H,9,10,11)(H2,13,14,15)/t6-,8-/m1/s1. The zero-order valence-corrected chi connectivity index (χ0v) is 9.47. The Morgan fingerprint density at radius 3 is 2.88 bits per heavy atom. The van der Waals surface area contributed by atoms with Crippen molar-refractivity contribution in [3.8, 4) is 0 Å². The molecule has 0 aromatic carbocycles. The molecule has 1 saturated carbocycles. The molecule has 16 heavy (non-hydrogen) atoms. The van der Waals surface area contributed by atoms with Gasteiger partial charge in [0.2, 0.25) is 0 Å². The number of H-pyrrole nitrogens is 1. The van der Waals surface area contributed by atoms with Crippen molar-refractivity contribution in [3.05, 3.63) is 12.2 Å². The average molecular weight is 247 g/mol. The van der Waals surface area contributed by atoms with Gasteiger partial charge < -0.3 is 14.9 Å². The Morgan fingerprint density at radius 2 is 2.31 bits per heavy atom. The maximum atomic E-state index is 11.2. The van der Waals surface area contributed by atoms with E-state index in [1.54, 1.807) is 0 Å². The summed E-state index contributed by atoms with van der Waals surface area (Å²) in [5.41, 5.74) is -2.09. The fourth-order valence-electron chi connectivity index (χ4n) is 2.16. The second-order valence-corrected chi connectivity index (χ2v) is 6.11. The van der Waals surface area contributed by atoms with Gasteiger partial charge in [-0.3, -0.25) is 9.66 Å². The maximum Gasteiger partial charge on any atom is 0.328 e. The van der Waals surface area contributed by atoms with Gasteiger partial charge in [0.05, 0.1) is 5.66 Å². The predicted octanol–water partition coefficient (Wildman–Crippen LogP) is 0.113. The number of hydrogen-bond acceptors (Lipinski definition) is 4. The summed E-state index contributed by atoms with van der Waals surface area (Å²) in [4.78, 5) is 22.1. The molecule has 0 radical (unpaired) electrons. The molecule has 0 aliphatic heterocycles. The van der Waals surface area contributed by atoms with Crippen molar-refractivity contribution >= 4 is 7.60 Å². The molecule has 90 valence electrons. The van der Waals surface area contributed by atoms with E-state index in [-0.39, 0.29) is 12.2 Å². The molecule has 1 aliphatic rings. The van der Waals surface area contributed by atoms with Crippen LogP contribution in [-0.4, -0.2) is 35.7 Å². The van der Waals surface area contributed by atoms with Gasteiger partial charge in [-0.05, 0) is 25.7 Å². The van der Waals surface area contributed by atoms with Crippen LogP contribution in [0, 0.1) is 0 Å². The monoisotopic (exact) mass is 247 g/mol. The lowest BCUT2D eigenvalue weighted by molar-refractivity contribution is -0.00963. The molecule has 1 heterocycles. The van der Waals surface area contributed by atoms with Crippen molar-refractivity contribution in [3.63, 3.8) is 0 Å². The minimum Gasteiger partial charge on any atom is -0.382 e. The van der Waals surface area contributed by atoms with E-state index >= 15 is 0 Å². The van der Waals surface area contributed by atoms with Crippen LogP contribution in [0.5, 0.6) is 0 Å². The molecule has 0 bridgehead atoms. The van der Waals surface area contributed by atoms with Gasteiger partial charge in [-0.1, -0.05) is 0 Å². The third-order valence-electron chi connectivity index (χ3n) is 3.03. The van der Waals surface area contributed by atoms with Crippen LogP contribution in [0.15, 0.2) is 6.33 Å². The Bertz CT molecular complexity index is 403. The molecule has 1 aromatic rings. The first-order chi connectivity index (χ1) is 7.42. The van der Waals surface area contributed by atoms with Gasteiger partial charge in [-0.2, -0.15) is 5.10 Å². The summed E-state index contributed by atoms with van der Waals surface area (Å²) in [6.45, 7) is 0. The molecule has 0 unspecified atom stereocenters. The van der Waals surface area contributed by atoms with Crippen molar-refractivity contribution in [2.75, 3.05) is 0 Å². The summed E-state index contributed by atoms with van der Waals surface area (Å²) in [5.74, 6) is 0.283. The van der Waals surface area contributed by atoms with Gasteiger partial charge in [0.25, 0.3) is 0 Å². The molecule has 8 heteroatoms. The molecule has 7 nitrogen and oxygen atoms in total. The highest BCUT2D eigenvalue weighted by Gasteiger charge is 2.44. The molecule has 1 aromatic heterocycles. The fraction of sp³-hybridized carbons (Fsp3) is 0.750. The molecular formula is C8H14N3O4P. The first-order valence-corrected chi connectivity index (χ1v) is 6.73. The predicted molar refractivity (Wildman–Crippen MR) is 54.6 cm³/mol. The molecule has 1 fully saturated rings. The van der Waals surface area contributed by atoms with Crippen LogP contribution in [0.1, 0.15) is 31.5 Å². The molecule has 2 rings (SSSR count). The van der Waals surface area contributed by atoms with Crippen LogP contribution in [0.3, 0.4) is 0 Å². The summed E-state index contributed by atoms with van der Waals surface area (Å²) >= 11 is 0. The topological polar surface area (TPSA) is 119 Å². The van der Waals surface area contributed by atoms with Crippen molar-refractivity contribution in [1.82, 2.24) is 15.2 Å². The van der Waals surface area contributed by atoms with E-state index in [1.807, 2.05) is 0 Å². The van der Waals surface area contributed by atoms with Gasteiger partial charge in [-0.15, -0.1) is 0 Å². The highest BCUT2D eigenvalue weighted by atomic mass is 31.2. The van der Waals surface area contributed by atoms with Crippen LogP contribution in [0.4, 0.5) is 0 Å². The number of nitrogens with zero attached hydrogens (tertiary/aromatic N) is 2. The Labute approximate surface area is 92.1 Å². The van der Waals surface area contributed by atoms with Gasteiger partial charge in [0.1, 0.15) is 11.9 Å². The van der Waals surface area contributed by atoms with Crippen molar-refractivity contribution in [2.24, 2.45) is 0 Å². The van der Waals surface area contributed by atoms with Crippen LogP contribution in [0.25, 0.3) is 0 Å². The normalized spacial score (nSPS) is 31.6. The third-order valence-corrected chi connectivity index (χ3v) is 4.42. The summed E-state index contributed by atoms with van der Waals surface area (Å²) in [7, 11) is -4.14. The van der Waals surface area contributed by atoms with Gasteiger partial charge in [-0.25, -0.2) is 4.98 Å². The molecular weight excluding hydrogens is 233 g/mol. The minimum absolute atomic E-state index is 0.0203. The molecule has 0 saturated heterocycles. The van der Waals surface area contributed by atoms with E-state index in [4.69, 9.17) is 9.79 Å². The number of rotatable bonds is 2. The minimum atomic E-state index is -4.14. The average Bonchev–Trinajstić information content (AvgIpc) is 2.69. The van der Waals surface area contributed by atoms with Crippen LogP contribution >= 0.6 is 7.60 Å². The lowest BCUT2D eigenvalue weighted by atomic mass is 9.84. The van der Waals surface area contributed by atoms with Crippen LogP contribution in [0.2, 0.25) is 0 Å². The second-order valence-electron chi connectivity index (χ2n) is 4.20. The number of aromatic amines is 1. The highest BCUT2D eigenvalue weighted by Crippen LogP contribution is 2.52. The van der Waals surface area contributed by atoms with E-state index in [1.165, 1.54) is 6.33 Å². The van der Waals surface area contributed by atoms with Crippen molar-refractivity contribution in [1.29, 1.82) is 0 Å². The largest absolute Gasteiger partial charge is 0.382 e. The molecule has 0 amide bonds. The number of aliphatic hydroxyl groups is 1. The van der Waals surface area contributed by atoms with Gasteiger partial charge in [0, 0.05) is 0 Å². The number of hydrogen-bond donors (Lipinski definition) is 4. The van der Waals surface area contributed by atoms with Crippen LogP contribution in [-0.2, 0) is 10.2 Å². The van der Waals surface area contributed by atoms with E-state index in [2.05, 4.69) is 15.2 Å². The number of nitrogens with one attached hydrogen (secondary N) is 1. The third kappa shape index (κ3) is 2.17. The molecule has 4 N–H and O–H groups in total. The first-order valence-electron chi connectivity index (χ1n) is 5.05. The summed E-state index contributed by atoms with van der Waals surface area (Å²) in [6.07, 6.45) is 2.73. The summed E-state index contributed by atoms with van der Waals surface area (Å²) in [6, 6.07) is 0. The quantitative estimate of drug-likeness (QED) is 0.551. The van der Waals surface area contributed by atoms with E-state index in [0.29, 0.717) is 19.3 Å². The Hall–Kier alpha value is -0.750. The zero-order valence-electron chi connectivity index (χ0n) is 8.57. The Morgan fingerprint density at radius 1 is 1.56 bits per heavy atom. The first kappa shape index (κ1) is 11.7. The second kappa shape index (κ2) is 3.92. The summed E-state index contributed by atoms with van der Waals surface area (Å²) in [5, 5.41) is 16.5. The van der Waals surface area contributed by atoms with E-state index in [9.17, 15) is 9.67 Å². The molecule has 1 aliphatic carbocycles. The Kier molecular flexibility index (Phi) is 2.88.